The van der Waals surface area contributed by atoms with Gasteiger partial charge < -0.3 is 4.74 Å². The number of rotatable bonds is 14. The molecule has 2 saturated carbocycles. The van der Waals surface area contributed by atoms with Crippen molar-refractivity contribution in [1.29, 1.82) is 0 Å². The molecule has 0 N–H and O–H groups in total. The quantitative estimate of drug-likeness (QED) is 0.145. The van der Waals surface area contributed by atoms with E-state index < -0.39 is 0 Å². The molecule has 36 heavy (non-hydrogen) atoms. The van der Waals surface area contributed by atoms with Gasteiger partial charge in [0.05, 0.1) is 0 Å². The van der Waals surface area contributed by atoms with Crippen molar-refractivity contribution in [2.45, 2.75) is 156 Å². The summed E-state index contributed by atoms with van der Waals surface area (Å²) < 4.78 is 5.73. The maximum Gasteiger partial charge on any atom is 0.311 e. The standard InChI is InChI=1S/C34H56O2/c1-5-7-9-10-12-16-33(35)36-32-22-19-30(26-27(32)3)28(4)29-17-20-31(21-18-29)34(23-13-8-6-2)24-14-11-15-25-34/h19,22,26,28-29,31H,5-18,20-21,23-25H2,1-4H3/t28?,29-,31-. The highest BCUT2D eigenvalue weighted by atomic mass is 16.5. The molecule has 0 aliphatic heterocycles. The summed E-state index contributed by atoms with van der Waals surface area (Å²) in [6, 6.07) is 6.56. The molecular formula is C34H56O2. The van der Waals surface area contributed by atoms with Crippen LogP contribution < -0.4 is 4.74 Å². The lowest BCUT2D eigenvalue weighted by molar-refractivity contribution is -0.134. The Kier molecular flexibility index (Phi) is 12.3. The van der Waals surface area contributed by atoms with Gasteiger partial charge in [-0.05, 0) is 98.7 Å². The summed E-state index contributed by atoms with van der Waals surface area (Å²) in [4.78, 5) is 12.3. The third-order valence-corrected chi connectivity index (χ3v) is 9.91. The lowest BCUT2D eigenvalue weighted by Gasteiger charge is -2.47. The number of ether oxygens (including phenoxy) is 1. The van der Waals surface area contributed by atoms with Crippen LogP contribution in [0.1, 0.15) is 160 Å². The maximum atomic E-state index is 12.3. The van der Waals surface area contributed by atoms with Crippen LogP contribution in [-0.4, -0.2) is 5.97 Å². The molecule has 0 amide bonds. The van der Waals surface area contributed by atoms with E-state index in [2.05, 4.69) is 39.8 Å². The molecule has 2 heteroatoms. The van der Waals surface area contributed by atoms with Crippen LogP contribution in [0.5, 0.6) is 5.75 Å². The van der Waals surface area contributed by atoms with Crippen molar-refractivity contribution in [2.24, 2.45) is 17.3 Å². The first kappa shape index (κ1) is 29.2. The third kappa shape index (κ3) is 8.35. The van der Waals surface area contributed by atoms with Gasteiger partial charge in [-0.1, -0.05) is 97.1 Å². The third-order valence-electron chi connectivity index (χ3n) is 9.91. The van der Waals surface area contributed by atoms with Crippen LogP contribution >= 0.6 is 0 Å². The first-order chi connectivity index (χ1) is 17.5. The van der Waals surface area contributed by atoms with E-state index in [0.29, 0.717) is 17.8 Å². The molecule has 2 nitrogen and oxygen atoms in total. The summed E-state index contributed by atoms with van der Waals surface area (Å²) in [5, 5.41) is 0. The second-order valence-corrected chi connectivity index (χ2v) is 12.4. The minimum atomic E-state index is -0.0794. The predicted octanol–water partition coefficient (Wildman–Crippen LogP) is 10.7. The highest BCUT2D eigenvalue weighted by Crippen LogP contribution is 2.53. The van der Waals surface area contributed by atoms with Crippen LogP contribution in [0.15, 0.2) is 18.2 Å². The molecule has 1 aromatic carbocycles. The maximum absolute atomic E-state index is 12.3. The lowest BCUT2D eigenvalue weighted by atomic mass is 9.58. The van der Waals surface area contributed by atoms with E-state index in [-0.39, 0.29) is 5.97 Å². The van der Waals surface area contributed by atoms with Crippen molar-refractivity contribution in [1.82, 2.24) is 0 Å². The average molecular weight is 497 g/mol. The second-order valence-electron chi connectivity index (χ2n) is 12.4. The smallest absolute Gasteiger partial charge is 0.311 e. The molecule has 2 fully saturated rings. The minimum Gasteiger partial charge on any atom is -0.426 e. The largest absolute Gasteiger partial charge is 0.426 e. The summed E-state index contributed by atoms with van der Waals surface area (Å²) in [6.07, 6.45) is 25.1. The molecule has 0 bridgehead atoms. The van der Waals surface area contributed by atoms with E-state index in [1.165, 1.54) is 108 Å². The van der Waals surface area contributed by atoms with Gasteiger partial charge in [-0.3, -0.25) is 4.79 Å². The Morgan fingerprint density at radius 1 is 0.917 bits per heavy atom. The highest BCUT2D eigenvalue weighted by Gasteiger charge is 2.41. The predicted molar refractivity (Wildman–Crippen MR) is 154 cm³/mol. The Morgan fingerprint density at radius 2 is 1.58 bits per heavy atom. The van der Waals surface area contributed by atoms with Crippen molar-refractivity contribution in [2.75, 3.05) is 0 Å². The summed E-state index contributed by atoms with van der Waals surface area (Å²) in [7, 11) is 0. The van der Waals surface area contributed by atoms with Gasteiger partial charge in [0, 0.05) is 6.42 Å². The van der Waals surface area contributed by atoms with Crippen LogP contribution in [0.25, 0.3) is 0 Å². The molecular weight excluding hydrogens is 440 g/mol. The Bertz CT molecular complexity index is 767. The number of carbonyl (C=O) groups is 1. The number of hydrogen-bond donors (Lipinski definition) is 0. The molecule has 0 saturated heterocycles. The van der Waals surface area contributed by atoms with Crippen molar-refractivity contribution in [3.05, 3.63) is 29.3 Å². The zero-order valence-corrected chi connectivity index (χ0v) is 24.2. The number of benzene rings is 1. The molecule has 0 radical (unpaired) electrons. The first-order valence-corrected chi connectivity index (χ1v) is 15.8. The summed E-state index contributed by atoms with van der Waals surface area (Å²) >= 11 is 0. The van der Waals surface area contributed by atoms with Gasteiger partial charge in [-0.2, -0.15) is 0 Å². The summed E-state index contributed by atoms with van der Waals surface area (Å²) in [6.45, 7) is 9.09. The van der Waals surface area contributed by atoms with Crippen LogP contribution in [0.3, 0.4) is 0 Å². The SMILES string of the molecule is CCCCCCCC(=O)Oc1ccc(C(C)[C@H]2CC[C@H](C3(CCCCC)CCCCC3)CC2)cc1C. The zero-order valence-electron chi connectivity index (χ0n) is 24.2. The molecule has 1 atom stereocenters. The monoisotopic (exact) mass is 496 g/mol. The van der Waals surface area contributed by atoms with E-state index >= 15 is 0 Å². The van der Waals surface area contributed by atoms with Gasteiger partial charge >= 0.3 is 5.97 Å². The number of unbranched alkanes of at least 4 members (excludes halogenated alkanes) is 6. The van der Waals surface area contributed by atoms with Gasteiger partial charge in [-0.25, -0.2) is 0 Å². The van der Waals surface area contributed by atoms with Gasteiger partial charge in [0.1, 0.15) is 5.75 Å². The normalized spacial score (nSPS) is 22.8. The van der Waals surface area contributed by atoms with Crippen molar-refractivity contribution in [3.63, 3.8) is 0 Å². The van der Waals surface area contributed by atoms with Crippen molar-refractivity contribution >= 4 is 5.97 Å². The molecule has 1 unspecified atom stereocenters. The molecule has 0 aromatic heterocycles. The van der Waals surface area contributed by atoms with E-state index in [1.54, 1.807) is 0 Å². The molecule has 2 aliphatic carbocycles. The number of carbonyl (C=O) groups excluding carboxylic acids is 1. The van der Waals surface area contributed by atoms with Crippen LogP contribution in [-0.2, 0) is 4.79 Å². The van der Waals surface area contributed by atoms with Gasteiger partial charge in [0.2, 0.25) is 0 Å². The van der Waals surface area contributed by atoms with Gasteiger partial charge in [0.15, 0.2) is 0 Å². The molecule has 2 aliphatic rings. The van der Waals surface area contributed by atoms with Crippen molar-refractivity contribution < 1.29 is 9.53 Å². The zero-order chi connectivity index (χ0) is 25.8. The second kappa shape index (κ2) is 15.2. The fraction of sp³-hybridized carbons (Fsp3) is 0.794. The van der Waals surface area contributed by atoms with Crippen molar-refractivity contribution in [3.8, 4) is 5.75 Å². The van der Waals surface area contributed by atoms with Crippen LogP contribution in [0.4, 0.5) is 0 Å². The number of aryl methyl sites for hydroxylation is 1. The van der Waals surface area contributed by atoms with E-state index in [1.807, 2.05) is 6.07 Å². The van der Waals surface area contributed by atoms with E-state index in [0.717, 1.165) is 36.0 Å². The average Bonchev–Trinajstić information content (AvgIpc) is 2.90. The minimum absolute atomic E-state index is 0.0794. The molecule has 204 valence electrons. The topological polar surface area (TPSA) is 26.3 Å². The Hall–Kier alpha value is -1.31. The number of hydrogen-bond acceptors (Lipinski definition) is 2. The summed E-state index contributed by atoms with van der Waals surface area (Å²) in [5.41, 5.74) is 3.19. The molecule has 3 rings (SSSR count). The molecule has 1 aromatic rings. The number of esters is 1. The lowest BCUT2D eigenvalue weighted by Crippen LogP contribution is -2.36. The van der Waals surface area contributed by atoms with E-state index in [9.17, 15) is 4.79 Å². The van der Waals surface area contributed by atoms with Crippen LogP contribution in [0.2, 0.25) is 0 Å². The first-order valence-electron chi connectivity index (χ1n) is 15.8. The molecule has 0 heterocycles. The Morgan fingerprint density at radius 3 is 2.25 bits per heavy atom. The Balaban J connectivity index is 1.51. The fourth-order valence-electron chi connectivity index (χ4n) is 7.47. The molecule has 0 spiro atoms. The fourth-order valence-corrected chi connectivity index (χ4v) is 7.47. The van der Waals surface area contributed by atoms with Gasteiger partial charge in [0.25, 0.3) is 0 Å². The summed E-state index contributed by atoms with van der Waals surface area (Å²) in [5.74, 6) is 3.00. The van der Waals surface area contributed by atoms with Gasteiger partial charge in [-0.15, -0.1) is 0 Å². The van der Waals surface area contributed by atoms with E-state index in [4.69, 9.17) is 4.74 Å². The Labute approximate surface area is 223 Å². The van der Waals surface area contributed by atoms with Crippen LogP contribution in [0, 0.1) is 24.2 Å². The highest BCUT2D eigenvalue weighted by molar-refractivity contribution is 5.72.